The van der Waals surface area contributed by atoms with E-state index >= 15 is 0 Å². The third kappa shape index (κ3) is 6.09. The second-order valence-electron chi connectivity index (χ2n) is 6.79. The van der Waals surface area contributed by atoms with Gasteiger partial charge in [-0.05, 0) is 43.9 Å². The number of carbonyl (C=O) groups excluding carboxylic acids is 2. The zero-order chi connectivity index (χ0) is 20.5. The lowest BCUT2D eigenvalue weighted by molar-refractivity contribution is -0.123. The molecule has 0 saturated carbocycles. The molecule has 1 aromatic heterocycles. The van der Waals surface area contributed by atoms with Gasteiger partial charge in [-0.3, -0.25) is 14.7 Å². The first kappa shape index (κ1) is 21.9. The zero-order valence-corrected chi connectivity index (χ0v) is 17.7. The highest BCUT2D eigenvalue weighted by Crippen LogP contribution is 2.16. The van der Waals surface area contributed by atoms with Gasteiger partial charge < -0.3 is 10.6 Å². The molecule has 1 aromatic carbocycles. The summed E-state index contributed by atoms with van der Waals surface area (Å²) < 4.78 is 0. The number of hydrogen-bond acceptors (Lipinski definition) is 5. The fourth-order valence-electron chi connectivity index (χ4n) is 2.60. The Morgan fingerprint density at radius 1 is 1.18 bits per heavy atom. The smallest absolute Gasteiger partial charge is 0.251 e. The van der Waals surface area contributed by atoms with Gasteiger partial charge in [-0.25, -0.2) is 4.98 Å². The lowest BCUT2D eigenvalue weighted by atomic mass is 10.1. The van der Waals surface area contributed by atoms with Crippen molar-refractivity contribution in [1.82, 2.24) is 25.8 Å². The number of aromatic amines is 1. The first-order valence-electron chi connectivity index (χ1n) is 9.53. The maximum absolute atomic E-state index is 12.8. The normalized spacial score (nSPS) is 14.1. The van der Waals surface area contributed by atoms with Gasteiger partial charge in [-0.2, -0.15) is 16.9 Å². The highest BCUT2D eigenvalue weighted by molar-refractivity contribution is 7.98. The summed E-state index contributed by atoms with van der Waals surface area (Å²) in [5, 5.41) is 12.9. The van der Waals surface area contributed by atoms with Crippen molar-refractivity contribution in [2.24, 2.45) is 0 Å². The van der Waals surface area contributed by atoms with Crippen molar-refractivity contribution in [3.8, 4) is 0 Å². The first-order chi connectivity index (χ1) is 13.5. The van der Waals surface area contributed by atoms with Crippen molar-refractivity contribution in [2.45, 2.75) is 51.6 Å². The van der Waals surface area contributed by atoms with Crippen molar-refractivity contribution in [2.75, 3.05) is 12.0 Å². The van der Waals surface area contributed by atoms with E-state index in [1.54, 1.807) is 36.0 Å². The second kappa shape index (κ2) is 10.8. The monoisotopic (exact) mass is 403 g/mol. The highest BCUT2D eigenvalue weighted by Gasteiger charge is 2.24. The minimum atomic E-state index is -0.612. The molecule has 0 fully saturated rings. The molecule has 0 aliphatic carbocycles. The predicted octanol–water partition coefficient (Wildman–Crippen LogP) is 3.05. The molecular weight excluding hydrogens is 374 g/mol. The third-order valence-corrected chi connectivity index (χ3v) is 5.25. The first-order valence-corrected chi connectivity index (χ1v) is 10.9. The average Bonchev–Trinajstić information content (AvgIpc) is 3.21. The summed E-state index contributed by atoms with van der Waals surface area (Å²) in [6.07, 6.45) is 3.47. The standard InChI is InChI=1S/C20H29N5O2S/c1-5-13(2)17-23-18(25-24-17)14(3)21-20(27)16(11-12-28-4)22-19(26)15-9-7-6-8-10-15/h6-10,13-14,16H,5,11-12H2,1-4H3,(H,21,27)(H,22,26)(H,23,24,25)/t13-,14-,16-/m0/s1. The van der Waals surface area contributed by atoms with Crippen LogP contribution in [-0.2, 0) is 4.79 Å². The van der Waals surface area contributed by atoms with Crippen molar-refractivity contribution in [3.05, 3.63) is 47.5 Å². The van der Waals surface area contributed by atoms with E-state index in [4.69, 9.17) is 0 Å². The van der Waals surface area contributed by atoms with Gasteiger partial charge in [0.1, 0.15) is 11.9 Å². The van der Waals surface area contributed by atoms with E-state index in [1.165, 1.54) is 0 Å². The highest BCUT2D eigenvalue weighted by atomic mass is 32.2. The summed E-state index contributed by atoms with van der Waals surface area (Å²) >= 11 is 1.63. The molecule has 0 unspecified atom stereocenters. The average molecular weight is 404 g/mol. The van der Waals surface area contributed by atoms with Crippen LogP contribution in [0.25, 0.3) is 0 Å². The molecule has 2 amide bonds. The van der Waals surface area contributed by atoms with E-state index in [0.29, 0.717) is 17.8 Å². The van der Waals surface area contributed by atoms with E-state index in [2.05, 4.69) is 39.7 Å². The van der Waals surface area contributed by atoms with Gasteiger partial charge in [0.05, 0.1) is 6.04 Å². The topological polar surface area (TPSA) is 99.8 Å². The Hall–Kier alpha value is -2.35. The number of nitrogens with zero attached hydrogens (tertiary/aromatic N) is 2. The molecule has 0 spiro atoms. The maximum atomic E-state index is 12.8. The van der Waals surface area contributed by atoms with Gasteiger partial charge in [0.2, 0.25) is 5.91 Å². The van der Waals surface area contributed by atoms with E-state index < -0.39 is 6.04 Å². The molecule has 8 heteroatoms. The van der Waals surface area contributed by atoms with Crippen LogP contribution < -0.4 is 10.6 Å². The third-order valence-electron chi connectivity index (χ3n) is 4.61. The van der Waals surface area contributed by atoms with Gasteiger partial charge in [0.15, 0.2) is 5.82 Å². The Morgan fingerprint density at radius 3 is 2.54 bits per heavy atom. The van der Waals surface area contributed by atoms with Crippen LogP contribution in [0.4, 0.5) is 0 Å². The van der Waals surface area contributed by atoms with Crippen LogP contribution in [0, 0.1) is 0 Å². The molecule has 1 heterocycles. The van der Waals surface area contributed by atoms with Crippen molar-refractivity contribution >= 4 is 23.6 Å². The Morgan fingerprint density at radius 2 is 1.89 bits per heavy atom. The number of benzene rings is 1. The zero-order valence-electron chi connectivity index (χ0n) is 16.9. The molecule has 0 aliphatic heterocycles. The molecule has 2 aromatic rings. The molecule has 0 aliphatic rings. The molecule has 2 rings (SSSR count). The van der Waals surface area contributed by atoms with E-state index in [-0.39, 0.29) is 23.8 Å². The Labute approximate surface area is 170 Å². The molecule has 28 heavy (non-hydrogen) atoms. The fourth-order valence-corrected chi connectivity index (χ4v) is 3.07. The molecular formula is C20H29N5O2S. The van der Waals surface area contributed by atoms with Crippen molar-refractivity contribution < 1.29 is 9.59 Å². The number of carbonyl (C=O) groups is 2. The Balaban J connectivity index is 2.03. The quantitative estimate of drug-likeness (QED) is 0.566. The van der Waals surface area contributed by atoms with E-state index in [9.17, 15) is 9.59 Å². The van der Waals surface area contributed by atoms with Crippen LogP contribution >= 0.6 is 11.8 Å². The molecule has 7 nitrogen and oxygen atoms in total. The number of nitrogens with one attached hydrogen (secondary N) is 3. The Kier molecular flexibility index (Phi) is 8.50. The largest absolute Gasteiger partial charge is 0.345 e. The van der Waals surface area contributed by atoms with E-state index in [1.807, 2.05) is 19.2 Å². The minimum absolute atomic E-state index is 0.229. The molecule has 3 atom stereocenters. The second-order valence-corrected chi connectivity index (χ2v) is 7.78. The van der Waals surface area contributed by atoms with Crippen LogP contribution in [0.1, 0.15) is 67.6 Å². The summed E-state index contributed by atoms with van der Waals surface area (Å²) in [5.41, 5.74) is 0.533. The maximum Gasteiger partial charge on any atom is 0.251 e. The fraction of sp³-hybridized carbons (Fsp3) is 0.500. The summed E-state index contributed by atoms with van der Waals surface area (Å²) in [5.74, 6) is 1.90. The van der Waals surface area contributed by atoms with Gasteiger partial charge in [0, 0.05) is 11.5 Å². The van der Waals surface area contributed by atoms with Gasteiger partial charge in [0.25, 0.3) is 5.91 Å². The lowest BCUT2D eigenvalue weighted by Gasteiger charge is -2.20. The molecule has 0 bridgehead atoms. The van der Waals surface area contributed by atoms with Crippen LogP contribution in [-0.4, -0.2) is 45.0 Å². The van der Waals surface area contributed by atoms with E-state index in [0.717, 1.165) is 18.0 Å². The summed E-state index contributed by atoms with van der Waals surface area (Å²) in [4.78, 5) is 29.8. The predicted molar refractivity (Wildman–Crippen MR) is 112 cm³/mol. The van der Waals surface area contributed by atoms with Crippen molar-refractivity contribution in [3.63, 3.8) is 0 Å². The minimum Gasteiger partial charge on any atom is -0.345 e. The summed E-state index contributed by atoms with van der Waals surface area (Å²) in [6.45, 7) is 5.99. The summed E-state index contributed by atoms with van der Waals surface area (Å²) in [6, 6.07) is 7.96. The molecule has 0 saturated heterocycles. The van der Waals surface area contributed by atoms with Crippen LogP contribution in [0.5, 0.6) is 0 Å². The summed E-state index contributed by atoms with van der Waals surface area (Å²) in [7, 11) is 0. The van der Waals surface area contributed by atoms with Crippen LogP contribution in [0.3, 0.4) is 0 Å². The van der Waals surface area contributed by atoms with Crippen molar-refractivity contribution in [1.29, 1.82) is 0 Å². The molecule has 0 radical (unpaired) electrons. The van der Waals surface area contributed by atoms with Gasteiger partial charge in [-0.1, -0.05) is 32.0 Å². The number of amides is 2. The van der Waals surface area contributed by atoms with Gasteiger partial charge >= 0.3 is 0 Å². The Bertz CT molecular complexity index is 765. The SMILES string of the molecule is CC[C@H](C)c1n[nH]c([C@H](C)NC(=O)[C@H](CCSC)NC(=O)c2ccccc2)n1. The van der Waals surface area contributed by atoms with Gasteiger partial charge in [-0.15, -0.1) is 0 Å². The molecule has 3 N–H and O–H groups in total. The lowest BCUT2D eigenvalue weighted by Crippen LogP contribution is -2.47. The number of thioether (sulfide) groups is 1. The van der Waals surface area contributed by atoms with Crippen LogP contribution in [0.2, 0.25) is 0 Å². The molecule has 152 valence electrons. The number of hydrogen-bond donors (Lipinski definition) is 3. The van der Waals surface area contributed by atoms with Crippen LogP contribution in [0.15, 0.2) is 30.3 Å². The number of aromatic nitrogens is 3. The number of H-pyrrole nitrogens is 1. The number of rotatable bonds is 10.